The number of hydrogen-bond donors (Lipinski definition) is 0. The van der Waals surface area contributed by atoms with E-state index in [1.807, 2.05) is 18.8 Å². The van der Waals surface area contributed by atoms with E-state index in [1.165, 1.54) is 6.07 Å². The molecule has 0 fully saturated rings. The van der Waals surface area contributed by atoms with Crippen LogP contribution in [0.5, 0.6) is 0 Å². The summed E-state index contributed by atoms with van der Waals surface area (Å²) in [4.78, 5) is 15.9. The van der Waals surface area contributed by atoms with Gasteiger partial charge in [0.15, 0.2) is 6.20 Å². The number of aromatic nitrogens is 1. The molecule has 1 atom stereocenters. The molecule has 0 saturated carbocycles. The third-order valence-corrected chi connectivity index (χ3v) is 3.37. The fourth-order valence-electron chi connectivity index (χ4n) is 1.43. The largest absolute Gasteiger partial charge is 0.369 e. The predicted octanol–water partition coefficient (Wildman–Crippen LogP) is 2.57. The van der Waals surface area contributed by atoms with Gasteiger partial charge in [-0.2, -0.15) is 11.8 Å². The molecule has 0 aliphatic heterocycles. The molecule has 6 heteroatoms. The molecule has 1 aromatic heterocycles. The molecule has 0 N–H and O–H groups in total. The van der Waals surface area contributed by atoms with Crippen LogP contribution in [0.3, 0.4) is 0 Å². The Morgan fingerprint density at radius 3 is 2.76 bits per heavy atom. The molecule has 0 aliphatic rings. The second kappa shape index (κ2) is 6.44. The summed E-state index contributed by atoms with van der Waals surface area (Å²) < 4.78 is 0. The first-order valence-corrected chi connectivity index (χ1v) is 6.78. The summed E-state index contributed by atoms with van der Waals surface area (Å²) in [7, 11) is 1.98. The number of hydrogen-bond acceptors (Lipinski definition) is 5. The van der Waals surface area contributed by atoms with Crippen molar-refractivity contribution in [1.29, 1.82) is 0 Å². The Bertz CT molecular complexity index is 369. The zero-order chi connectivity index (χ0) is 12.8. The van der Waals surface area contributed by atoms with E-state index in [-0.39, 0.29) is 5.82 Å². The van der Waals surface area contributed by atoms with Gasteiger partial charge in [-0.05, 0) is 41.3 Å². The van der Waals surface area contributed by atoms with Gasteiger partial charge in [-0.1, -0.05) is 0 Å². The molecule has 0 amide bonds. The highest BCUT2D eigenvalue weighted by molar-refractivity contribution is 7.98. The van der Waals surface area contributed by atoms with Crippen LogP contribution >= 0.6 is 11.8 Å². The quantitative estimate of drug-likeness (QED) is 0.577. The maximum absolute atomic E-state index is 10.5. The van der Waals surface area contributed by atoms with Gasteiger partial charge in [0.1, 0.15) is 0 Å². The molecular formula is C11H17N3O2S. The second-order valence-corrected chi connectivity index (χ2v) is 4.86. The molecule has 1 aromatic rings. The Kier molecular flexibility index (Phi) is 5.21. The van der Waals surface area contributed by atoms with Crippen molar-refractivity contribution in [2.75, 3.05) is 24.0 Å². The van der Waals surface area contributed by atoms with Crippen LogP contribution in [0.15, 0.2) is 18.3 Å². The van der Waals surface area contributed by atoms with Crippen molar-refractivity contribution in [2.24, 2.45) is 0 Å². The van der Waals surface area contributed by atoms with E-state index in [2.05, 4.69) is 23.1 Å². The lowest BCUT2D eigenvalue weighted by Gasteiger charge is -2.25. The number of pyridine rings is 1. The molecule has 94 valence electrons. The van der Waals surface area contributed by atoms with Gasteiger partial charge in [0.05, 0.1) is 5.69 Å². The molecule has 0 unspecified atom stereocenters. The normalized spacial score (nSPS) is 12.2. The summed E-state index contributed by atoms with van der Waals surface area (Å²) >= 11 is 1.82. The first-order chi connectivity index (χ1) is 8.06. The van der Waals surface area contributed by atoms with Crippen molar-refractivity contribution < 1.29 is 4.92 Å². The fourth-order valence-corrected chi connectivity index (χ4v) is 2.01. The van der Waals surface area contributed by atoms with Gasteiger partial charge in [0.25, 0.3) is 0 Å². The summed E-state index contributed by atoms with van der Waals surface area (Å²) in [5, 5.41) is 10.5. The molecule has 0 saturated heterocycles. The SMILES string of the molecule is CSCC[C@@H](C)N(C)c1ccc([N+](=O)[O-])nc1. The lowest BCUT2D eigenvalue weighted by molar-refractivity contribution is -0.389. The van der Waals surface area contributed by atoms with Gasteiger partial charge in [0.2, 0.25) is 0 Å². The van der Waals surface area contributed by atoms with Crippen LogP contribution in [-0.2, 0) is 0 Å². The summed E-state index contributed by atoms with van der Waals surface area (Å²) in [6.07, 6.45) is 4.71. The highest BCUT2D eigenvalue weighted by atomic mass is 32.2. The zero-order valence-corrected chi connectivity index (χ0v) is 11.1. The van der Waals surface area contributed by atoms with Crippen LogP contribution in [0.1, 0.15) is 13.3 Å². The van der Waals surface area contributed by atoms with Crippen molar-refractivity contribution in [3.63, 3.8) is 0 Å². The smallest absolute Gasteiger partial charge is 0.363 e. The van der Waals surface area contributed by atoms with Crippen LogP contribution in [0.2, 0.25) is 0 Å². The maximum atomic E-state index is 10.5. The van der Waals surface area contributed by atoms with Crippen molar-refractivity contribution in [3.8, 4) is 0 Å². The summed E-state index contributed by atoms with van der Waals surface area (Å²) in [5.41, 5.74) is 0.907. The minimum absolute atomic E-state index is 0.112. The minimum atomic E-state index is -0.485. The van der Waals surface area contributed by atoms with Gasteiger partial charge < -0.3 is 15.0 Å². The number of nitrogens with zero attached hydrogens (tertiary/aromatic N) is 3. The lowest BCUT2D eigenvalue weighted by Crippen LogP contribution is -2.29. The number of thioether (sulfide) groups is 1. The first kappa shape index (κ1) is 13.8. The standard InChI is InChI=1S/C11H17N3O2S/c1-9(6-7-17-3)13(2)10-4-5-11(12-8-10)14(15)16/h4-5,8-9H,6-7H2,1-3H3/t9-/m1/s1. The number of rotatable bonds is 6. The lowest BCUT2D eigenvalue weighted by atomic mass is 10.2. The Balaban J connectivity index is 2.68. The van der Waals surface area contributed by atoms with Crippen molar-refractivity contribution in [2.45, 2.75) is 19.4 Å². The van der Waals surface area contributed by atoms with E-state index >= 15 is 0 Å². The van der Waals surface area contributed by atoms with Crippen LogP contribution in [0.4, 0.5) is 11.5 Å². The molecule has 0 aliphatic carbocycles. The molecule has 17 heavy (non-hydrogen) atoms. The van der Waals surface area contributed by atoms with Gasteiger partial charge in [-0.15, -0.1) is 0 Å². The van der Waals surface area contributed by atoms with Crippen LogP contribution in [-0.4, -0.2) is 35.0 Å². The molecule has 0 radical (unpaired) electrons. The average molecular weight is 255 g/mol. The molecular weight excluding hydrogens is 238 g/mol. The highest BCUT2D eigenvalue weighted by Crippen LogP contribution is 2.18. The van der Waals surface area contributed by atoms with Crippen molar-refractivity contribution >= 4 is 23.3 Å². The van der Waals surface area contributed by atoms with E-state index < -0.39 is 4.92 Å². The predicted molar refractivity (Wildman–Crippen MR) is 71.8 cm³/mol. The Labute approximate surface area is 105 Å². The first-order valence-electron chi connectivity index (χ1n) is 5.38. The van der Waals surface area contributed by atoms with Crippen LogP contribution in [0, 0.1) is 10.1 Å². The number of nitro groups is 1. The summed E-state index contributed by atoms with van der Waals surface area (Å²) in [5.74, 6) is 0.991. The van der Waals surface area contributed by atoms with Crippen LogP contribution in [0.25, 0.3) is 0 Å². The van der Waals surface area contributed by atoms with Gasteiger partial charge in [-0.25, -0.2) is 0 Å². The van der Waals surface area contributed by atoms with Gasteiger partial charge in [0, 0.05) is 19.2 Å². The Hall–Kier alpha value is -1.30. The monoisotopic (exact) mass is 255 g/mol. The molecule has 0 spiro atoms. The minimum Gasteiger partial charge on any atom is -0.369 e. The van der Waals surface area contributed by atoms with Gasteiger partial charge >= 0.3 is 5.82 Å². The third-order valence-electron chi connectivity index (χ3n) is 2.73. The Morgan fingerprint density at radius 1 is 1.59 bits per heavy atom. The van der Waals surface area contributed by atoms with Crippen LogP contribution < -0.4 is 4.90 Å². The topological polar surface area (TPSA) is 59.3 Å². The zero-order valence-electron chi connectivity index (χ0n) is 10.3. The summed E-state index contributed by atoms with van der Waals surface area (Å²) in [6, 6.07) is 3.57. The maximum Gasteiger partial charge on any atom is 0.363 e. The Morgan fingerprint density at radius 2 is 2.29 bits per heavy atom. The van der Waals surface area contributed by atoms with Gasteiger partial charge in [-0.3, -0.25) is 0 Å². The van der Waals surface area contributed by atoms with E-state index in [0.29, 0.717) is 6.04 Å². The molecule has 1 rings (SSSR count). The van der Waals surface area contributed by atoms with E-state index in [0.717, 1.165) is 17.9 Å². The summed E-state index contributed by atoms with van der Waals surface area (Å²) in [6.45, 7) is 2.14. The average Bonchev–Trinajstić information content (AvgIpc) is 2.35. The molecule has 1 heterocycles. The van der Waals surface area contributed by atoms with E-state index in [1.54, 1.807) is 12.3 Å². The fraction of sp³-hybridized carbons (Fsp3) is 0.545. The third kappa shape index (κ3) is 3.89. The second-order valence-electron chi connectivity index (χ2n) is 3.87. The highest BCUT2D eigenvalue weighted by Gasteiger charge is 2.13. The molecule has 0 aromatic carbocycles. The van der Waals surface area contributed by atoms with Crippen molar-refractivity contribution in [1.82, 2.24) is 4.98 Å². The number of anilines is 1. The molecule has 0 bridgehead atoms. The molecule has 5 nitrogen and oxygen atoms in total. The van der Waals surface area contributed by atoms with Crippen molar-refractivity contribution in [3.05, 3.63) is 28.4 Å². The van der Waals surface area contributed by atoms with E-state index in [4.69, 9.17) is 0 Å². The van der Waals surface area contributed by atoms with E-state index in [9.17, 15) is 10.1 Å².